The number of rotatable bonds is 3. The zero-order valence-corrected chi connectivity index (χ0v) is 11.7. The van der Waals surface area contributed by atoms with Crippen molar-refractivity contribution in [3.8, 4) is 0 Å². The molecule has 2 heterocycles. The highest BCUT2D eigenvalue weighted by molar-refractivity contribution is 6.24. The number of ether oxygens (including phenoxy) is 1. The van der Waals surface area contributed by atoms with Crippen LogP contribution in [-0.4, -0.2) is 37.1 Å². The second-order valence-corrected chi connectivity index (χ2v) is 4.84. The molecule has 0 atom stereocenters. The Bertz CT molecular complexity index is 611. The van der Waals surface area contributed by atoms with E-state index in [0.29, 0.717) is 37.6 Å². The molecule has 3 rings (SSSR count). The second-order valence-electron chi connectivity index (χ2n) is 4.84. The molecule has 0 spiro atoms. The molecule has 1 aromatic heterocycles. The summed E-state index contributed by atoms with van der Waals surface area (Å²) in [5, 5.41) is 0. The summed E-state index contributed by atoms with van der Waals surface area (Å²) in [6, 6.07) is 13.3. The maximum atomic E-state index is 12.8. The number of carbonyl (C=O) groups excluding carboxylic acids is 1. The highest BCUT2D eigenvalue weighted by Crippen LogP contribution is 2.21. The van der Waals surface area contributed by atoms with Gasteiger partial charge in [0, 0.05) is 13.1 Å². The number of amides is 1. The van der Waals surface area contributed by atoms with E-state index in [-0.39, 0.29) is 5.91 Å². The Kier molecular flexibility index (Phi) is 4.17. The monoisotopic (exact) mass is 283 g/mol. The van der Waals surface area contributed by atoms with Gasteiger partial charge >= 0.3 is 0 Å². The van der Waals surface area contributed by atoms with Crippen LogP contribution in [0.2, 0.25) is 0 Å². The van der Waals surface area contributed by atoms with Gasteiger partial charge in [-0.3, -0.25) is 4.79 Å². The molecule has 0 bridgehead atoms. The molecular weight excluding hydrogens is 266 g/mol. The van der Waals surface area contributed by atoms with Crippen LogP contribution < -0.4 is 0 Å². The molecule has 0 unspecified atom stereocenters. The molecule has 2 aromatic rings. The van der Waals surface area contributed by atoms with Crippen molar-refractivity contribution in [2.45, 2.75) is 0 Å². The van der Waals surface area contributed by atoms with Crippen LogP contribution in [0.15, 0.2) is 53.1 Å². The third kappa shape index (κ3) is 3.23. The summed E-state index contributed by atoms with van der Waals surface area (Å²) in [6.07, 6.45) is 3.40. The molecule has 4 heteroatoms. The van der Waals surface area contributed by atoms with Crippen LogP contribution in [0, 0.1) is 0 Å². The Labute approximate surface area is 123 Å². The van der Waals surface area contributed by atoms with Crippen LogP contribution >= 0.6 is 0 Å². The van der Waals surface area contributed by atoms with Gasteiger partial charge in [0.2, 0.25) is 0 Å². The molecule has 108 valence electrons. The number of hydrogen-bond donors (Lipinski definition) is 0. The molecule has 0 N–H and O–H groups in total. The minimum absolute atomic E-state index is 0.0147. The van der Waals surface area contributed by atoms with E-state index in [1.165, 1.54) is 0 Å². The zero-order valence-electron chi connectivity index (χ0n) is 11.7. The van der Waals surface area contributed by atoms with E-state index in [0.717, 1.165) is 5.56 Å². The maximum absolute atomic E-state index is 12.8. The first-order chi connectivity index (χ1) is 10.3. The fourth-order valence-electron chi connectivity index (χ4n) is 2.34. The van der Waals surface area contributed by atoms with Gasteiger partial charge in [-0.15, -0.1) is 0 Å². The zero-order chi connectivity index (χ0) is 14.5. The standard InChI is InChI=1S/C17H17NO3/c19-17(18-8-11-20-12-9-18)16(13-15-7-4-10-21-15)14-5-2-1-3-6-14/h1-7,10,13H,8-9,11-12H2/b16-13+. The minimum atomic E-state index is 0.0147. The predicted octanol–water partition coefficient (Wildman–Crippen LogP) is 2.68. The normalized spacial score (nSPS) is 16.0. The summed E-state index contributed by atoms with van der Waals surface area (Å²) in [6.45, 7) is 2.44. The summed E-state index contributed by atoms with van der Waals surface area (Å²) in [7, 11) is 0. The molecule has 21 heavy (non-hydrogen) atoms. The van der Waals surface area contributed by atoms with Gasteiger partial charge in [-0.25, -0.2) is 0 Å². The number of carbonyl (C=O) groups is 1. The van der Waals surface area contributed by atoms with Gasteiger partial charge in [-0.1, -0.05) is 30.3 Å². The van der Waals surface area contributed by atoms with Gasteiger partial charge in [0.15, 0.2) is 0 Å². The first-order valence-corrected chi connectivity index (χ1v) is 7.02. The van der Waals surface area contributed by atoms with Gasteiger partial charge in [0.05, 0.1) is 25.1 Å². The molecule has 1 aliphatic heterocycles. The molecule has 4 nitrogen and oxygen atoms in total. The van der Waals surface area contributed by atoms with Crippen LogP contribution in [-0.2, 0) is 9.53 Å². The molecule has 0 aliphatic carbocycles. The van der Waals surface area contributed by atoms with Crippen LogP contribution in [0.25, 0.3) is 11.6 Å². The lowest BCUT2D eigenvalue weighted by atomic mass is 10.0. The van der Waals surface area contributed by atoms with Crippen molar-refractivity contribution in [3.63, 3.8) is 0 Å². The third-order valence-electron chi connectivity index (χ3n) is 3.44. The fourth-order valence-corrected chi connectivity index (χ4v) is 2.34. The Balaban J connectivity index is 1.94. The number of hydrogen-bond acceptors (Lipinski definition) is 3. The van der Waals surface area contributed by atoms with E-state index in [4.69, 9.17) is 9.15 Å². The van der Waals surface area contributed by atoms with Crippen molar-refractivity contribution in [2.24, 2.45) is 0 Å². The lowest BCUT2D eigenvalue weighted by Gasteiger charge is -2.27. The first kappa shape index (κ1) is 13.6. The van der Waals surface area contributed by atoms with E-state index in [2.05, 4.69) is 0 Å². The van der Waals surface area contributed by atoms with Gasteiger partial charge in [0.1, 0.15) is 5.76 Å². The van der Waals surface area contributed by atoms with Gasteiger partial charge in [-0.2, -0.15) is 0 Å². The van der Waals surface area contributed by atoms with Crippen molar-refractivity contribution in [2.75, 3.05) is 26.3 Å². The Hall–Kier alpha value is -2.33. The van der Waals surface area contributed by atoms with Crippen molar-refractivity contribution in [1.29, 1.82) is 0 Å². The van der Waals surface area contributed by atoms with E-state index < -0.39 is 0 Å². The average Bonchev–Trinajstić information content (AvgIpc) is 3.07. The van der Waals surface area contributed by atoms with Crippen molar-refractivity contribution in [1.82, 2.24) is 4.90 Å². The lowest BCUT2D eigenvalue weighted by molar-refractivity contribution is -0.128. The highest BCUT2D eigenvalue weighted by Gasteiger charge is 2.21. The molecule has 1 saturated heterocycles. The average molecular weight is 283 g/mol. The largest absolute Gasteiger partial charge is 0.465 e. The van der Waals surface area contributed by atoms with Crippen LogP contribution in [0.3, 0.4) is 0 Å². The van der Waals surface area contributed by atoms with Crippen LogP contribution in [0.5, 0.6) is 0 Å². The fraction of sp³-hybridized carbons (Fsp3) is 0.235. The molecule has 1 aromatic carbocycles. The van der Waals surface area contributed by atoms with E-state index >= 15 is 0 Å². The van der Waals surface area contributed by atoms with Gasteiger partial charge in [0.25, 0.3) is 5.91 Å². The van der Waals surface area contributed by atoms with Crippen molar-refractivity contribution < 1.29 is 13.9 Å². The Morgan fingerprint density at radius 3 is 2.48 bits per heavy atom. The number of nitrogens with zero attached hydrogens (tertiary/aromatic N) is 1. The summed E-state index contributed by atoms with van der Waals surface area (Å²) in [5.74, 6) is 0.691. The summed E-state index contributed by atoms with van der Waals surface area (Å²) < 4.78 is 10.7. The van der Waals surface area contributed by atoms with Crippen molar-refractivity contribution >= 4 is 17.6 Å². The van der Waals surface area contributed by atoms with Crippen molar-refractivity contribution in [3.05, 3.63) is 60.1 Å². The van der Waals surface area contributed by atoms with Crippen LogP contribution in [0.4, 0.5) is 0 Å². The minimum Gasteiger partial charge on any atom is -0.465 e. The Morgan fingerprint density at radius 1 is 1.05 bits per heavy atom. The quantitative estimate of drug-likeness (QED) is 0.813. The molecule has 1 fully saturated rings. The summed E-state index contributed by atoms with van der Waals surface area (Å²) >= 11 is 0. The van der Waals surface area contributed by atoms with E-state index in [9.17, 15) is 4.79 Å². The molecule has 1 amide bonds. The highest BCUT2D eigenvalue weighted by atomic mass is 16.5. The van der Waals surface area contributed by atoms with Gasteiger partial charge in [-0.05, 0) is 23.8 Å². The lowest BCUT2D eigenvalue weighted by Crippen LogP contribution is -2.41. The summed E-state index contributed by atoms with van der Waals surface area (Å²) in [5.41, 5.74) is 1.54. The third-order valence-corrected chi connectivity index (χ3v) is 3.44. The molecule has 0 radical (unpaired) electrons. The van der Waals surface area contributed by atoms with Gasteiger partial charge < -0.3 is 14.1 Å². The number of benzene rings is 1. The molecule has 0 saturated carbocycles. The Morgan fingerprint density at radius 2 is 1.81 bits per heavy atom. The summed E-state index contributed by atoms with van der Waals surface area (Å²) in [4.78, 5) is 14.6. The smallest absolute Gasteiger partial charge is 0.254 e. The SMILES string of the molecule is O=C(/C(=C/c1ccco1)c1ccccc1)N1CCOCC1. The van der Waals surface area contributed by atoms with Crippen LogP contribution in [0.1, 0.15) is 11.3 Å². The topological polar surface area (TPSA) is 42.7 Å². The van der Waals surface area contributed by atoms with E-state index in [1.54, 1.807) is 12.3 Å². The van der Waals surface area contributed by atoms with E-state index in [1.807, 2.05) is 47.4 Å². The number of morpholine rings is 1. The maximum Gasteiger partial charge on any atom is 0.254 e. The number of furan rings is 1. The predicted molar refractivity (Wildman–Crippen MR) is 80.4 cm³/mol. The second kappa shape index (κ2) is 6.41. The molecule has 1 aliphatic rings. The molecular formula is C17H17NO3. The first-order valence-electron chi connectivity index (χ1n) is 7.02.